The highest BCUT2D eigenvalue weighted by Gasteiger charge is 2.15. The highest BCUT2D eigenvalue weighted by molar-refractivity contribution is 8.00. The number of hydrogen-bond donors (Lipinski definition) is 2. The van der Waals surface area contributed by atoms with Crippen LogP contribution in [-0.4, -0.2) is 50.4 Å². The second-order valence-corrected chi connectivity index (χ2v) is 7.14. The van der Waals surface area contributed by atoms with Gasteiger partial charge in [-0.1, -0.05) is 29.8 Å². The van der Waals surface area contributed by atoms with Crippen LogP contribution >= 0.6 is 11.8 Å². The first-order valence-corrected chi connectivity index (χ1v) is 9.99. The molecular formula is C21H24N2O5S. The molecule has 0 atom stereocenters. The highest BCUT2D eigenvalue weighted by atomic mass is 32.2. The fourth-order valence-electron chi connectivity index (χ4n) is 2.29. The molecule has 0 aliphatic rings. The van der Waals surface area contributed by atoms with E-state index < -0.39 is 18.5 Å². The predicted molar refractivity (Wildman–Crippen MR) is 112 cm³/mol. The number of anilines is 1. The molecule has 0 radical (unpaired) electrons. The van der Waals surface area contributed by atoms with E-state index in [0.29, 0.717) is 29.3 Å². The molecule has 0 aliphatic heterocycles. The number of nitrogens with one attached hydrogen (secondary N) is 2. The van der Waals surface area contributed by atoms with Crippen molar-refractivity contribution in [2.45, 2.75) is 11.8 Å². The van der Waals surface area contributed by atoms with Gasteiger partial charge in [-0.3, -0.25) is 9.59 Å². The number of aryl methyl sites for hydroxylation is 1. The van der Waals surface area contributed by atoms with Gasteiger partial charge in [-0.2, -0.15) is 0 Å². The van der Waals surface area contributed by atoms with Gasteiger partial charge in [0.15, 0.2) is 6.61 Å². The summed E-state index contributed by atoms with van der Waals surface area (Å²) in [6.07, 6.45) is 0. The summed E-state index contributed by atoms with van der Waals surface area (Å²) < 4.78 is 10.0. The summed E-state index contributed by atoms with van der Waals surface area (Å²) in [7, 11) is 1.56. The summed E-state index contributed by atoms with van der Waals surface area (Å²) in [5, 5.41) is 5.39. The molecule has 154 valence electrons. The van der Waals surface area contributed by atoms with Crippen LogP contribution < -0.4 is 10.6 Å². The van der Waals surface area contributed by atoms with Gasteiger partial charge in [0, 0.05) is 24.2 Å². The van der Waals surface area contributed by atoms with E-state index in [1.807, 2.05) is 19.1 Å². The van der Waals surface area contributed by atoms with Crippen LogP contribution in [0.1, 0.15) is 15.9 Å². The smallest absolute Gasteiger partial charge is 0.339 e. The van der Waals surface area contributed by atoms with Crippen LogP contribution in [0.25, 0.3) is 0 Å². The van der Waals surface area contributed by atoms with Crippen molar-refractivity contribution in [2.24, 2.45) is 0 Å². The maximum atomic E-state index is 12.4. The Kier molecular flexibility index (Phi) is 9.20. The van der Waals surface area contributed by atoms with Crippen LogP contribution in [0.4, 0.5) is 5.69 Å². The fourth-order valence-corrected chi connectivity index (χ4v) is 3.16. The van der Waals surface area contributed by atoms with Crippen LogP contribution in [0.2, 0.25) is 0 Å². The lowest BCUT2D eigenvalue weighted by atomic mass is 10.2. The minimum absolute atomic E-state index is 0.155. The van der Waals surface area contributed by atoms with Gasteiger partial charge in [0.05, 0.1) is 17.9 Å². The van der Waals surface area contributed by atoms with Crippen molar-refractivity contribution in [3.05, 3.63) is 59.7 Å². The molecule has 8 heteroatoms. The Morgan fingerprint density at radius 1 is 1.00 bits per heavy atom. The van der Waals surface area contributed by atoms with Crippen LogP contribution in [-0.2, 0) is 19.1 Å². The van der Waals surface area contributed by atoms with Gasteiger partial charge in [-0.05, 0) is 31.2 Å². The third kappa shape index (κ3) is 7.97. The standard InChI is InChI=1S/C21H24N2O5S/c1-15-7-9-16(10-8-15)23-19(24)13-28-21(26)17-5-3-4-6-18(17)29-14-20(25)22-11-12-27-2/h3-10H,11-14H2,1-2H3,(H,22,25)(H,23,24). The number of hydrogen-bond acceptors (Lipinski definition) is 6. The molecule has 2 amide bonds. The quantitative estimate of drug-likeness (QED) is 0.351. The average Bonchev–Trinajstić information content (AvgIpc) is 2.72. The molecule has 0 aromatic heterocycles. The molecule has 29 heavy (non-hydrogen) atoms. The summed E-state index contributed by atoms with van der Waals surface area (Å²) in [5.74, 6) is -1.05. The van der Waals surface area contributed by atoms with Crippen LogP contribution in [0.5, 0.6) is 0 Å². The molecule has 2 aromatic rings. The van der Waals surface area contributed by atoms with Crippen molar-refractivity contribution < 1.29 is 23.9 Å². The molecule has 0 unspecified atom stereocenters. The Hall–Kier alpha value is -2.84. The topological polar surface area (TPSA) is 93.7 Å². The van der Waals surface area contributed by atoms with E-state index in [2.05, 4.69) is 10.6 Å². The first kappa shape index (κ1) is 22.4. The highest BCUT2D eigenvalue weighted by Crippen LogP contribution is 2.23. The number of rotatable bonds is 10. The van der Waals surface area contributed by atoms with Gasteiger partial charge in [-0.25, -0.2) is 4.79 Å². The third-order valence-electron chi connectivity index (χ3n) is 3.76. The summed E-state index contributed by atoms with van der Waals surface area (Å²) in [4.78, 5) is 36.8. The number of ether oxygens (including phenoxy) is 2. The predicted octanol–water partition coefficient (Wildman–Crippen LogP) is 2.65. The van der Waals surface area contributed by atoms with Gasteiger partial charge in [-0.15, -0.1) is 11.8 Å². The van der Waals surface area contributed by atoms with E-state index in [-0.39, 0.29) is 11.7 Å². The van der Waals surface area contributed by atoms with E-state index in [0.717, 1.165) is 5.56 Å². The fraction of sp³-hybridized carbons (Fsp3) is 0.286. The lowest BCUT2D eigenvalue weighted by Gasteiger charge is -2.10. The third-order valence-corrected chi connectivity index (χ3v) is 4.84. The molecule has 0 spiro atoms. The molecule has 2 N–H and O–H groups in total. The SMILES string of the molecule is COCCNC(=O)CSc1ccccc1C(=O)OCC(=O)Nc1ccc(C)cc1. The first-order valence-electron chi connectivity index (χ1n) is 9.00. The van der Waals surface area contributed by atoms with E-state index in [4.69, 9.17) is 9.47 Å². The summed E-state index contributed by atoms with van der Waals surface area (Å²) >= 11 is 1.23. The minimum Gasteiger partial charge on any atom is -0.452 e. The van der Waals surface area contributed by atoms with Crippen LogP contribution in [0.15, 0.2) is 53.4 Å². The summed E-state index contributed by atoms with van der Waals surface area (Å²) in [6, 6.07) is 14.1. The number of thioether (sulfide) groups is 1. The van der Waals surface area contributed by atoms with Gasteiger partial charge < -0.3 is 20.1 Å². The molecule has 0 fully saturated rings. The van der Waals surface area contributed by atoms with Crippen molar-refractivity contribution in [1.29, 1.82) is 0 Å². The number of methoxy groups -OCH3 is 1. The lowest BCUT2D eigenvalue weighted by Crippen LogP contribution is -2.28. The second kappa shape index (κ2) is 11.9. The molecule has 0 bridgehead atoms. The zero-order chi connectivity index (χ0) is 21.1. The lowest BCUT2D eigenvalue weighted by molar-refractivity contribution is -0.119. The van der Waals surface area contributed by atoms with Crippen molar-refractivity contribution in [2.75, 3.05) is 37.9 Å². The molecule has 7 nitrogen and oxygen atoms in total. The Labute approximate surface area is 174 Å². The largest absolute Gasteiger partial charge is 0.452 e. The average molecular weight is 416 g/mol. The Bertz CT molecular complexity index is 839. The molecule has 0 saturated carbocycles. The number of carbonyl (C=O) groups is 3. The Balaban J connectivity index is 1.86. The summed E-state index contributed by atoms with van der Waals surface area (Å²) in [5.41, 5.74) is 2.02. The zero-order valence-electron chi connectivity index (χ0n) is 16.4. The van der Waals surface area contributed by atoms with Gasteiger partial charge in [0.25, 0.3) is 5.91 Å². The van der Waals surface area contributed by atoms with Crippen molar-refractivity contribution in [3.8, 4) is 0 Å². The number of benzene rings is 2. The van der Waals surface area contributed by atoms with Crippen LogP contribution in [0, 0.1) is 6.92 Å². The number of carbonyl (C=O) groups excluding carboxylic acids is 3. The first-order chi connectivity index (χ1) is 14.0. The van der Waals surface area contributed by atoms with Gasteiger partial charge in [0.2, 0.25) is 5.91 Å². The van der Waals surface area contributed by atoms with E-state index in [1.165, 1.54) is 11.8 Å². The molecular weight excluding hydrogens is 392 g/mol. The van der Waals surface area contributed by atoms with Crippen molar-refractivity contribution >= 4 is 35.2 Å². The molecule has 0 saturated heterocycles. The van der Waals surface area contributed by atoms with Crippen molar-refractivity contribution in [1.82, 2.24) is 5.32 Å². The van der Waals surface area contributed by atoms with E-state index in [1.54, 1.807) is 43.5 Å². The molecule has 0 heterocycles. The Morgan fingerprint density at radius 2 is 1.72 bits per heavy atom. The number of amides is 2. The molecule has 2 rings (SSSR count). The van der Waals surface area contributed by atoms with E-state index in [9.17, 15) is 14.4 Å². The zero-order valence-corrected chi connectivity index (χ0v) is 17.2. The van der Waals surface area contributed by atoms with Gasteiger partial charge in [0.1, 0.15) is 0 Å². The number of esters is 1. The van der Waals surface area contributed by atoms with Gasteiger partial charge >= 0.3 is 5.97 Å². The maximum Gasteiger partial charge on any atom is 0.339 e. The second-order valence-electron chi connectivity index (χ2n) is 6.12. The van der Waals surface area contributed by atoms with E-state index >= 15 is 0 Å². The van der Waals surface area contributed by atoms with Crippen molar-refractivity contribution in [3.63, 3.8) is 0 Å². The minimum atomic E-state index is -0.619. The van der Waals surface area contributed by atoms with Crippen LogP contribution in [0.3, 0.4) is 0 Å². The monoisotopic (exact) mass is 416 g/mol. The molecule has 2 aromatic carbocycles. The normalized spacial score (nSPS) is 10.3. The Morgan fingerprint density at radius 3 is 2.45 bits per heavy atom. The maximum absolute atomic E-state index is 12.4. The summed E-state index contributed by atoms with van der Waals surface area (Å²) in [6.45, 7) is 2.41. The molecule has 0 aliphatic carbocycles.